The van der Waals surface area contributed by atoms with Crippen molar-refractivity contribution in [2.24, 2.45) is 0 Å². The number of hydrogen-bond acceptors (Lipinski definition) is 3. The molecule has 3 nitrogen and oxygen atoms in total. The molecule has 0 unspecified atom stereocenters. The van der Waals surface area contributed by atoms with Gasteiger partial charge in [0, 0.05) is 38.0 Å². The van der Waals surface area contributed by atoms with Crippen molar-refractivity contribution in [2.45, 2.75) is 33.1 Å². The normalized spacial score (nSPS) is 9.77. The highest BCUT2D eigenvalue weighted by Crippen LogP contribution is 2.15. The first-order chi connectivity index (χ1) is 10.6. The minimum absolute atomic E-state index is 0.146. The topological polar surface area (TPSA) is 40.5 Å². The van der Waals surface area contributed by atoms with E-state index in [4.69, 9.17) is 5.11 Å². The number of hydrogen-bond donors (Lipinski definition) is 1. The summed E-state index contributed by atoms with van der Waals surface area (Å²) in [6.07, 6.45) is 4.94. The van der Waals surface area contributed by atoms with Crippen LogP contribution in [0.2, 0.25) is 0 Å². The molecule has 0 aliphatic heterocycles. The van der Waals surface area contributed by atoms with Crippen LogP contribution in [0, 0.1) is 0 Å². The molecule has 0 atom stereocenters. The van der Waals surface area contributed by atoms with Crippen molar-refractivity contribution in [2.75, 3.05) is 20.7 Å². The number of rotatable bonds is 6. The average Bonchev–Trinajstić information content (AvgIpc) is 2.54. The largest absolute Gasteiger partial charge is 0.397 e. The number of benzene rings is 1. The lowest BCUT2D eigenvalue weighted by Crippen LogP contribution is -2.10. The Balaban J connectivity index is 0. The van der Waals surface area contributed by atoms with E-state index in [1.807, 2.05) is 55.5 Å². The van der Waals surface area contributed by atoms with E-state index in [0.717, 1.165) is 30.4 Å². The van der Waals surface area contributed by atoms with Gasteiger partial charge in [0.05, 0.1) is 0 Å². The van der Waals surface area contributed by atoms with Gasteiger partial charge < -0.3 is 10.0 Å². The summed E-state index contributed by atoms with van der Waals surface area (Å²) in [6.45, 7) is 10.1. The molecule has 1 aromatic rings. The zero-order valence-electron chi connectivity index (χ0n) is 14.5. The Morgan fingerprint density at radius 3 is 2.09 bits per heavy atom. The highest BCUT2D eigenvalue weighted by Gasteiger charge is 2.11. The van der Waals surface area contributed by atoms with E-state index in [9.17, 15) is 4.79 Å². The molecule has 0 aliphatic carbocycles. The van der Waals surface area contributed by atoms with Crippen molar-refractivity contribution < 1.29 is 9.90 Å². The fraction of sp³-hybridized carbons (Fsp3) is 0.421. The molecule has 0 heterocycles. The van der Waals surface area contributed by atoms with Crippen LogP contribution in [0.25, 0.3) is 0 Å². The molecule has 0 spiro atoms. The predicted molar refractivity (Wildman–Crippen MR) is 96.1 cm³/mol. The molecule has 0 bridgehead atoms. The summed E-state index contributed by atoms with van der Waals surface area (Å²) in [5, 5.41) is 7.57. The molecule has 0 amide bonds. The number of nitrogens with zero attached hydrogens (tertiary/aromatic N) is 1. The molecule has 0 saturated carbocycles. The third-order valence-corrected chi connectivity index (χ3v) is 2.54. The summed E-state index contributed by atoms with van der Waals surface area (Å²) >= 11 is 0. The molecule has 0 fully saturated rings. The highest BCUT2D eigenvalue weighted by atomic mass is 16.2. The molecule has 22 heavy (non-hydrogen) atoms. The minimum atomic E-state index is 0.146. The van der Waals surface area contributed by atoms with Crippen molar-refractivity contribution in [3.8, 4) is 0 Å². The van der Waals surface area contributed by atoms with Gasteiger partial charge in [-0.2, -0.15) is 0 Å². The van der Waals surface area contributed by atoms with Crippen LogP contribution >= 0.6 is 0 Å². The number of unbranched alkanes of at least 4 members (excludes halogenated alkanes) is 1. The van der Waals surface area contributed by atoms with E-state index in [-0.39, 0.29) is 12.4 Å². The van der Waals surface area contributed by atoms with E-state index < -0.39 is 0 Å². The van der Waals surface area contributed by atoms with E-state index in [2.05, 4.69) is 20.1 Å². The highest BCUT2D eigenvalue weighted by molar-refractivity contribution is 6.08. The zero-order chi connectivity index (χ0) is 17.4. The van der Waals surface area contributed by atoms with Crippen LogP contribution in [0.15, 0.2) is 55.3 Å². The van der Waals surface area contributed by atoms with Gasteiger partial charge in [-0.25, -0.2) is 0 Å². The first-order valence-corrected chi connectivity index (χ1v) is 7.64. The van der Waals surface area contributed by atoms with E-state index in [1.54, 1.807) is 6.92 Å². The summed E-state index contributed by atoms with van der Waals surface area (Å²) < 4.78 is 0. The molecule has 0 saturated heterocycles. The second-order valence-electron chi connectivity index (χ2n) is 4.73. The van der Waals surface area contributed by atoms with Crippen molar-refractivity contribution in [1.29, 1.82) is 0 Å². The van der Waals surface area contributed by atoms with Crippen LogP contribution in [-0.2, 0) is 0 Å². The Morgan fingerprint density at radius 1 is 1.18 bits per heavy atom. The lowest BCUT2D eigenvalue weighted by atomic mass is 9.99. The maximum Gasteiger partial charge on any atom is 0.190 e. The maximum atomic E-state index is 12.3. The second-order valence-corrected chi connectivity index (χ2v) is 4.73. The molecule has 1 aromatic carbocycles. The molecule has 0 aliphatic rings. The third kappa shape index (κ3) is 10.9. The van der Waals surface area contributed by atoms with E-state index >= 15 is 0 Å². The Morgan fingerprint density at radius 2 is 1.68 bits per heavy atom. The number of aliphatic hydroxyl groups is 1. The van der Waals surface area contributed by atoms with Gasteiger partial charge in [-0.05, 0) is 19.8 Å². The summed E-state index contributed by atoms with van der Waals surface area (Å²) in [4.78, 5) is 14.2. The van der Waals surface area contributed by atoms with Gasteiger partial charge in [0.2, 0.25) is 0 Å². The molecule has 1 rings (SSSR count). The van der Waals surface area contributed by atoms with Crippen LogP contribution in [0.1, 0.15) is 43.5 Å². The summed E-state index contributed by atoms with van der Waals surface area (Å²) in [7, 11) is 3.90. The predicted octanol–water partition coefficient (Wildman–Crippen LogP) is 4.31. The SMILES string of the molecule is C=C.CCCC/C(=C/N(C)C)C(=O)c1ccccc1.CCO. The summed E-state index contributed by atoms with van der Waals surface area (Å²) in [5.74, 6) is 0.146. The Bertz CT molecular complexity index is 411. The number of aliphatic hydroxyl groups excluding tert-OH is 1. The van der Waals surface area contributed by atoms with Crippen LogP contribution in [-0.4, -0.2) is 36.5 Å². The quantitative estimate of drug-likeness (QED) is 0.484. The second kappa shape index (κ2) is 15.5. The molecule has 0 aromatic heterocycles. The van der Waals surface area contributed by atoms with E-state index in [1.165, 1.54) is 0 Å². The Hall–Kier alpha value is -1.87. The van der Waals surface area contributed by atoms with Crippen molar-refractivity contribution in [3.05, 3.63) is 60.8 Å². The van der Waals surface area contributed by atoms with Crippen LogP contribution in [0.5, 0.6) is 0 Å². The van der Waals surface area contributed by atoms with Gasteiger partial charge in [0.25, 0.3) is 0 Å². The summed E-state index contributed by atoms with van der Waals surface area (Å²) in [5.41, 5.74) is 1.67. The zero-order valence-corrected chi connectivity index (χ0v) is 14.5. The van der Waals surface area contributed by atoms with Gasteiger partial charge in [-0.15, -0.1) is 13.2 Å². The first kappa shape index (κ1) is 22.4. The van der Waals surface area contributed by atoms with Gasteiger partial charge in [-0.3, -0.25) is 4.79 Å². The number of carbonyl (C=O) groups is 1. The van der Waals surface area contributed by atoms with Crippen molar-refractivity contribution in [3.63, 3.8) is 0 Å². The van der Waals surface area contributed by atoms with Crippen molar-refractivity contribution >= 4 is 5.78 Å². The number of Topliss-reactive ketones (excluding diaryl/α,β-unsaturated/α-hetero) is 1. The van der Waals surface area contributed by atoms with Gasteiger partial charge in [0.15, 0.2) is 5.78 Å². The monoisotopic (exact) mass is 305 g/mol. The molecular formula is C19H31NO2. The van der Waals surface area contributed by atoms with Crippen molar-refractivity contribution in [1.82, 2.24) is 4.90 Å². The minimum Gasteiger partial charge on any atom is -0.397 e. The maximum absolute atomic E-state index is 12.3. The standard InChI is InChI=1S/C15H21NO.C2H6O.C2H4/c1-4-5-9-14(12-16(2)3)15(17)13-10-7-6-8-11-13;1-2-3;1-2/h6-8,10-12H,4-5,9H2,1-3H3;3H,2H2,1H3;1-2H2/b14-12-;;. The van der Waals surface area contributed by atoms with Crippen LogP contribution < -0.4 is 0 Å². The lowest BCUT2D eigenvalue weighted by Gasteiger charge is -2.11. The smallest absolute Gasteiger partial charge is 0.190 e. The van der Waals surface area contributed by atoms with Crippen LogP contribution in [0.4, 0.5) is 0 Å². The average molecular weight is 305 g/mol. The van der Waals surface area contributed by atoms with Gasteiger partial charge >= 0.3 is 0 Å². The van der Waals surface area contributed by atoms with Crippen LogP contribution in [0.3, 0.4) is 0 Å². The summed E-state index contributed by atoms with van der Waals surface area (Å²) in [6, 6.07) is 9.48. The third-order valence-electron chi connectivity index (χ3n) is 2.54. The number of carbonyl (C=O) groups excluding carboxylic acids is 1. The van der Waals surface area contributed by atoms with Gasteiger partial charge in [0.1, 0.15) is 0 Å². The fourth-order valence-corrected chi connectivity index (χ4v) is 1.69. The molecular weight excluding hydrogens is 274 g/mol. The molecule has 0 radical (unpaired) electrons. The Kier molecular flexibility index (Phi) is 15.8. The molecule has 3 heteroatoms. The number of ketones is 1. The molecule has 124 valence electrons. The first-order valence-electron chi connectivity index (χ1n) is 7.64. The number of allylic oxidation sites excluding steroid dienone is 1. The Labute approximate surface area is 136 Å². The van der Waals surface area contributed by atoms with E-state index in [0.29, 0.717) is 0 Å². The van der Waals surface area contributed by atoms with Gasteiger partial charge in [-0.1, -0.05) is 43.7 Å². The fourth-order valence-electron chi connectivity index (χ4n) is 1.69. The molecule has 1 N–H and O–H groups in total. The lowest BCUT2D eigenvalue weighted by molar-refractivity contribution is 0.102.